The van der Waals surface area contributed by atoms with E-state index in [9.17, 15) is 15.2 Å². The second-order valence-electron chi connectivity index (χ2n) is 5.25. The first-order valence-electron chi connectivity index (χ1n) is 7.24. The van der Waals surface area contributed by atoms with Crippen LogP contribution >= 0.6 is 11.6 Å². The van der Waals surface area contributed by atoms with Gasteiger partial charge in [-0.2, -0.15) is 0 Å². The fourth-order valence-corrected chi connectivity index (χ4v) is 2.44. The summed E-state index contributed by atoms with van der Waals surface area (Å²) in [5.74, 6) is -0.102. The molecule has 0 saturated heterocycles. The third-order valence-electron chi connectivity index (χ3n) is 3.70. The van der Waals surface area contributed by atoms with E-state index in [1.54, 1.807) is 0 Å². The van der Waals surface area contributed by atoms with Crippen LogP contribution in [0, 0.1) is 10.1 Å². The molecular weight excluding hydrogens is 316 g/mol. The Labute approximate surface area is 139 Å². The summed E-state index contributed by atoms with van der Waals surface area (Å²) in [5.41, 5.74) is 1.63. The Hall–Kier alpha value is -2.40. The molecule has 0 fully saturated rings. The predicted octanol–water partition coefficient (Wildman–Crippen LogP) is 5.22. The highest BCUT2D eigenvalue weighted by Gasteiger charge is 2.18. The van der Waals surface area contributed by atoms with E-state index in [1.807, 2.05) is 24.3 Å². The predicted molar refractivity (Wildman–Crippen MR) is 92.2 cm³/mol. The summed E-state index contributed by atoms with van der Waals surface area (Å²) in [4.78, 5) is 14.6. The van der Waals surface area contributed by atoms with Crippen molar-refractivity contribution in [2.75, 3.05) is 0 Å². The van der Waals surface area contributed by atoms with E-state index >= 15 is 0 Å². The van der Waals surface area contributed by atoms with Crippen molar-refractivity contribution in [2.24, 2.45) is 4.99 Å². The molecule has 0 bridgehead atoms. The van der Waals surface area contributed by atoms with Crippen molar-refractivity contribution in [3.63, 3.8) is 0 Å². The van der Waals surface area contributed by atoms with Gasteiger partial charge >= 0.3 is 5.69 Å². The van der Waals surface area contributed by atoms with Gasteiger partial charge < -0.3 is 5.11 Å². The van der Waals surface area contributed by atoms with Gasteiger partial charge in [0.15, 0.2) is 0 Å². The van der Waals surface area contributed by atoms with Gasteiger partial charge in [0.1, 0.15) is 0 Å². The number of nitrogens with zero attached hydrogens (tertiary/aromatic N) is 2. The van der Waals surface area contributed by atoms with Crippen molar-refractivity contribution in [3.05, 3.63) is 62.7 Å². The molecule has 6 heteroatoms. The Morgan fingerprint density at radius 3 is 2.74 bits per heavy atom. The highest BCUT2D eigenvalue weighted by Crippen LogP contribution is 2.33. The van der Waals surface area contributed by atoms with E-state index in [2.05, 4.69) is 18.8 Å². The van der Waals surface area contributed by atoms with Gasteiger partial charge in [-0.15, -0.1) is 0 Å². The fourth-order valence-electron chi connectivity index (χ4n) is 2.22. The van der Waals surface area contributed by atoms with Crippen molar-refractivity contribution < 1.29 is 10.0 Å². The first kappa shape index (κ1) is 17.0. The number of hydrogen-bond donors (Lipinski definition) is 1. The number of phenols is 1. The van der Waals surface area contributed by atoms with Gasteiger partial charge in [-0.05, 0) is 30.0 Å². The van der Waals surface area contributed by atoms with Crippen molar-refractivity contribution in [2.45, 2.75) is 26.2 Å². The maximum Gasteiger partial charge on any atom is 0.312 e. The highest BCUT2D eigenvalue weighted by atomic mass is 35.5. The minimum Gasteiger partial charge on any atom is -0.502 e. The zero-order valence-electron chi connectivity index (χ0n) is 12.9. The zero-order chi connectivity index (χ0) is 17.0. The average molecular weight is 333 g/mol. The number of para-hydroxylation sites is 1. The molecule has 2 aromatic rings. The smallest absolute Gasteiger partial charge is 0.312 e. The summed E-state index contributed by atoms with van der Waals surface area (Å²) in [6.07, 6.45) is 2.37. The molecule has 0 aromatic heterocycles. The van der Waals surface area contributed by atoms with Crippen LogP contribution in [0.4, 0.5) is 11.4 Å². The molecule has 0 radical (unpaired) electrons. The molecule has 0 aliphatic heterocycles. The number of hydrogen-bond acceptors (Lipinski definition) is 4. The summed E-state index contributed by atoms with van der Waals surface area (Å²) in [7, 11) is 0. The monoisotopic (exact) mass is 332 g/mol. The van der Waals surface area contributed by atoms with E-state index < -0.39 is 16.4 Å². The molecule has 0 amide bonds. The molecule has 0 saturated carbocycles. The Kier molecular flexibility index (Phi) is 5.34. The maximum atomic E-state index is 10.9. The molecule has 23 heavy (non-hydrogen) atoms. The third-order valence-corrected chi connectivity index (χ3v) is 3.92. The molecule has 5 nitrogen and oxygen atoms in total. The van der Waals surface area contributed by atoms with Crippen LogP contribution in [0.25, 0.3) is 0 Å². The SMILES string of the molecule is CC[C@H](C)c1ccccc1N=Cc1cc(Cl)cc([N+](=O)[O-])c1O. The van der Waals surface area contributed by atoms with Crippen LogP contribution in [-0.4, -0.2) is 16.2 Å². The first-order valence-corrected chi connectivity index (χ1v) is 7.61. The average Bonchev–Trinajstić information content (AvgIpc) is 2.54. The molecule has 0 heterocycles. The van der Waals surface area contributed by atoms with Crippen molar-refractivity contribution in [1.29, 1.82) is 0 Å². The zero-order valence-corrected chi connectivity index (χ0v) is 13.6. The topological polar surface area (TPSA) is 75.7 Å². The molecule has 1 N–H and O–H groups in total. The number of aliphatic imine (C=N–C) groups is 1. The van der Waals surface area contributed by atoms with Crippen LogP contribution in [-0.2, 0) is 0 Å². The van der Waals surface area contributed by atoms with Gasteiger partial charge in [0.2, 0.25) is 5.75 Å². The number of aromatic hydroxyl groups is 1. The van der Waals surface area contributed by atoms with Gasteiger partial charge in [-0.1, -0.05) is 43.6 Å². The number of phenolic OH excluding ortho intramolecular Hbond substituents is 1. The van der Waals surface area contributed by atoms with E-state index in [4.69, 9.17) is 11.6 Å². The lowest BCUT2D eigenvalue weighted by Crippen LogP contribution is -1.94. The van der Waals surface area contributed by atoms with Crippen LogP contribution in [0.2, 0.25) is 5.02 Å². The molecule has 1 atom stereocenters. The molecule has 0 spiro atoms. The lowest BCUT2D eigenvalue weighted by atomic mass is 9.97. The molecule has 2 rings (SSSR count). The summed E-state index contributed by atoms with van der Waals surface area (Å²) in [6.45, 7) is 4.20. The molecule has 2 aromatic carbocycles. The third kappa shape index (κ3) is 3.87. The van der Waals surface area contributed by atoms with E-state index in [1.165, 1.54) is 12.3 Å². The molecule has 120 valence electrons. The van der Waals surface area contributed by atoms with Gasteiger partial charge in [0.25, 0.3) is 0 Å². The molecule has 0 aliphatic rings. The van der Waals surface area contributed by atoms with Crippen LogP contribution in [0.1, 0.15) is 37.3 Å². The van der Waals surface area contributed by atoms with Gasteiger partial charge in [0, 0.05) is 22.9 Å². The number of nitro groups is 1. The summed E-state index contributed by atoms with van der Waals surface area (Å²) < 4.78 is 0. The molecule has 0 aliphatic carbocycles. The highest BCUT2D eigenvalue weighted by molar-refractivity contribution is 6.31. The van der Waals surface area contributed by atoms with Crippen molar-refractivity contribution >= 4 is 29.2 Å². The lowest BCUT2D eigenvalue weighted by molar-refractivity contribution is -0.385. The first-order chi connectivity index (χ1) is 10.9. The van der Waals surface area contributed by atoms with Crippen LogP contribution in [0.15, 0.2) is 41.4 Å². The second kappa shape index (κ2) is 7.24. The summed E-state index contributed by atoms with van der Waals surface area (Å²) in [5, 5.41) is 21.1. The van der Waals surface area contributed by atoms with Crippen LogP contribution in [0.5, 0.6) is 5.75 Å². The minimum atomic E-state index is -0.675. The van der Waals surface area contributed by atoms with Crippen molar-refractivity contribution in [1.82, 2.24) is 0 Å². The number of nitro benzene ring substituents is 1. The summed E-state index contributed by atoms with van der Waals surface area (Å²) in [6, 6.07) is 10.2. The maximum absolute atomic E-state index is 10.9. The largest absolute Gasteiger partial charge is 0.502 e. The van der Waals surface area contributed by atoms with Crippen LogP contribution < -0.4 is 0 Å². The number of benzene rings is 2. The number of halogens is 1. The minimum absolute atomic E-state index is 0.172. The number of rotatable bonds is 5. The second-order valence-corrected chi connectivity index (χ2v) is 5.68. The summed E-state index contributed by atoms with van der Waals surface area (Å²) >= 11 is 5.87. The Balaban J connectivity index is 2.44. The van der Waals surface area contributed by atoms with Crippen LogP contribution in [0.3, 0.4) is 0 Å². The molecular formula is C17H17ClN2O3. The Morgan fingerprint density at radius 2 is 2.09 bits per heavy atom. The fraction of sp³-hybridized carbons (Fsp3) is 0.235. The Bertz CT molecular complexity index is 759. The quantitative estimate of drug-likeness (QED) is 0.463. The van der Waals surface area contributed by atoms with E-state index in [0.717, 1.165) is 23.7 Å². The standard InChI is InChI=1S/C17H17ClN2O3/c1-3-11(2)14-6-4-5-7-15(14)19-10-12-8-13(18)9-16(17(12)21)20(22)23/h4-11,21H,3H2,1-2H3/t11-/m0/s1. The lowest BCUT2D eigenvalue weighted by Gasteiger charge is -2.11. The normalized spacial score (nSPS) is 12.5. The van der Waals surface area contributed by atoms with Gasteiger partial charge in [-0.25, -0.2) is 0 Å². The van der Waals surface area contributed by atoms with E-state index in [-0.39, 0.29) is 10.6 Å². The van der Waals surface area contributed by atoms with E-state index in [0.29, 0.717) is 5.92 Å². The Morgan fingerprint density at radius 1 is 1.39 bits per heavy atom. The van der Waals surface area contributed by atoms with Gasteiger partial charge in [0.05, 0.1) is 10.6 Å². The van der Waals surface area contributed by atoms with Gasteiger partial charge in [-0.3, -0.25) is 15.1 Å². The van der Waals surface area contributed by atoms with Crippen molar-refractivity contribution in [3.8, 4) is 5.75 Å². The molecule has 0 unspecified atom stereocenters.